The van der Waals surface area contributed by atoms with Crippen molar-refractivity contribution < 1.29 is 24.2 Å². The Morgan fingerprint density at radius 3 is 2.77 bits per heavy atom. The van der Waals surface area contributed by atoms with Crippen LogP contribution in [0.4, 0.5) is 0 Å². The second kappa shape index (κ2) is 9.36. The molecule has 8 heteroatoms. The van der Waals surface area contributed by atoms with Gasteiger partial charge in [-0.05, 0) is 36.8 Å². The van der Waals surface area contributed by atoms with Gasteiger partial charge >= 0.3 is 5.97 Å². The summed E-state index contributed by atoms with van der Waals surface area (Å²) in [6, 6.07) is 6.12. The Morgan fingerprint density at radius 1 is 1.29 bits per heavy atom. The Hall–Kier alpha value is -2.45. The fraction of sp³-hybridized carbons (Fsp3) is 0.609. The van der Waals surface area contributed by atoms with Crippen molar-refractivity contribution >= 4 is 17.8 Å². The van der Waals surface area contributed by atoms with Crippen molar-refractivity contribution in [1.29, 1.82) is 0 Å². The van der Waals surface area contributed by atoms with Gasteiger partial charge in [0.25, 0.3) is 0 Å². The van der Waals surface area contributed by atoms with Crippen molar-refractivity contribution in [3.05, 3.63) is 35.4 Å². The number of benzene rings is 1. The number of carbonyl (C=O) groups excluding carboxylic acids is 2. The molecule has 0 aromatic heterocycles. The molecular formula is C23H31N3O5. The third-order valence-electron chi connectivity index (χ3n) is 6.93. The van der Waals surface area contributed by atoms with Gasteiger partial charge in [-0.3, -0.25) is 9.69 Å². The van der Waals surface area contributed by atoms with E-state index in [9.17, 15) is 14.7 Å². The molecule has 2 aliphatic heterocycles. The SMILES string of the molecule is COC(=O)c1ccccc1C1=NC(C(O)CN2CC3CCCCC3CC2C(N)=O)CO1. The number of ether oxygens (including phenoxy) is 2. The molecule has 2 heterocycles. The standard InChI is InChI=1S/C23H31N3O5/c1-30-23(29)17-9-5-4-8-16(17)22-25-18(13-31-22)20(27)12-26-11-15-7-3-2-6-14(15)10-19(26)21(24)28/h4-5,8-9,14-15,18-20,27H,2-3,6-7,10-13H2,1H3,(H2,24,28). The Kier molecular flexibility index (Phi) is 6.57. The number of β-amino-alcohol motifs (C(OH)–C–C–N with tert-alkyl or cyclic N) is 1. The number of hydrogen-bond acceptors (Lipinski definition) is 7. The first-order valence-electron chi connectivity index (χ1n) is 11.1. The highest BCUT2D eigenvalue weighted by Gasteiger charge is 2.41. The molecule has 2 fully saturated rings. The lowest BCUT2D eigenvalue weighted by atomic mass is 9.72. The van der Waals surface area contributed by atoms with Crippen LogP contribution in [0.25, 0.3) is 0 Å². The van der Waals surface area contributed by atoms with Gasteiger partial charge in [0.2, 0.25) is 11.8 Å². The van der Waals surface area contributed by atoms with E-state index in [0.717, 1.165) is 19.4 Å². The van der Waals surface area contributed by atoms with Crippen LogP contribution in [0.2, 0.25) is 0 Å². The predicted molar refractivity (Wildman–Crippen MR) is 115 cm³/mol. The van der Waals surface area contributed by atoms with E-state index in [-0.39, 0.29) is 18.6 Å². The number of primary amides is 1. The molecule has 1 amide bonds. The number of aliphatic hydroxyl groups excluding tert-OH is 1. The number of nitrogens with two attached hydrogens (primary N) is 1. The van der Waals surface area contributed by atoms with Gasteiger partial charge in [-0.1, -0.05) is 31.4 Å². The molecular weight excluding hydrogens is 398 g/mol. The number of rotatable bonds is 6. The Balaban J connectivity index is 1.46. The summed E-state index contributed by atoms with van der Waals surface area (Å²) in [5.41, 5.74) is 6.62. The first-order chi connectivity index (χ1) is 15.0. The molecule has 3 aliphatic rings. The van der Waals surface area contributed by atoms with Gasteiger partial charge in [-0.25, -0.2) is 9.79 Å². The minimum atomic E-state index is -0.801. The Bertz CT molecular complexity index is 857. The maximum Gasteiger partial charge on any atom is 0.338 e. The molecule has 1 saturated heterocycles. The second-order valence-corrected chi connectivity index (χ2v) is 8.83. The highest BCUT2D eigenvalue weighted by atomic mass is 16.5. The van der Waals surface area contributed by atoms with E-state index in [1.807, 2.05) is 4.90 Å². The number of carbonyl (C=O) groups is 2. The molecule has 5 atom stereocenters. The van der Waals surface area contributed by atoms with Crippen LogP contribution in [-0.2, 0) is 14.3 Å². The van der Waals surface area contributed by atoms with Crippen molar-refractivity contribution in [3.63, 3.8) is 0 Å². The van der Waals surface area contributed by atoms with Crippen molar-refractivity contribution in [2.24, 2.45) is 22.6 Å². The normalized spacial score (nSPS) is 29.4. The summed E-state index contributed by atoms with van der Waals surface area (Å²) in [5.74, 6) is 0.638. The molecule has 1 aromatic rings. The molecule has 0 spiro atoms. The number of nitrogens with zero attached hydrogens (tertiary/aromatic N) is 2. The van der Waals surface area contributed by atoms with Crippen LogP contribution in [0.3, 0.4) is 0 Å². The molecule has 168 valence electrons. The van der Waals surface area contributed by atoms with E-state index < -0.39 is 18.1 Å². The highest BCUT2D eigenvalue weighted by molar-refractivity contribution is 6.05. The van der Waals surface area contributed by atoms with Crippen molar-refractivity contribution in [2.75, 3.05) is 26.8 Å². The predicted octanol–water partition coefficient (Wildman–Crippen LogP) is 1.35. The van der Waals surface area contributed by atoms with E-state index >= 15 is 0 Å². The molecule has 31 heavy (non-hydrogen) atoms. The molecule has 0 bridgehead atoms. The number of esters is 1. The topological polar surface area (TPSA) is 114 Å². The summed E-state index contributed by atoms with van der Waals surface area (Å²) in [5, 5.41) is 10.9. The van der Waals surface area contributed by atoms with Crippen LogP contribution in [0.5, 0.6) is 0 Å². The average Bonchev–Trinajstić information content (AvgIpc) is 3.28. The Morgan fingerprint density at radius 2 is 2.03 bits per heavy atom. The minimum absolute atomic E-state index is 0.215. The van der Waals surface area contributed by atoms with Gasteiger partial charge in [0, 0.05) is 13.1 Å². The molecule has 5 unspecified atom stereocenters. The largest absolute Gasteiger partial charge is 0.475 e. The van der Waals surface area contributed by atoms with E-state index in [0.29, 0.717) is 35.4 Å². The number of methoxy groups -OCH3 is 1. The lowest BCUT2D eigenvalue weighted by Gasteiger charge is -2.45. The number of likely N-dealkylation sites (tertiary alicyclic amines) is 1. The lowest BCUT2D eigenvalue weighted by Crippen LogP contribution is -2.56. The summed E-state index contributed by atoms with van der Waals surface area (Å²) in [6.07, 6.45) is 4.75. The van der Waals surface area contributed by atoms with Crippen molar-refractivity contribution in [3.8, 4) is 0 Å². The monoisotopic (exact) mass is 429 g/mol. The zero-order chi connectivity index (χ0) is 22.0. The summed E-state index contributed by atoms with van der Waals surface area (Å²) >= 11 is 0. The minimum Gasteiger partial charge on any atom is -0.475 e. The van der Waals surface area contributed by atoms with E-state index in [1.165, 1.54) is 26.4 Å². The van der Waals surface area contributed by atoms with Gasteiger partial charge in [-0.2, -0.15) is 0 Å². The van der Waals surface area contributed by atoms with Gasteiger partial charge in [0.05, 0.1) is 30.4 Å². The first kappa shape index (κ1) is 21.8. The van der Waals surface area contributed by atoms with Gasteiger partial charge in [0.15, 0.2) is 0 Å². The summed E-state index contributed by atoms with van der Waals surface area (Å²) in [4.78, 5) is 30.7. The summed E-state index contributed by atoms with van der Waals surface area (Å²) < 4.78 is 10.6. The quantitative estimate of drug-likeness (QED) is 0.660. The van der Waals surface area contributed by atoms with Crippen LogP contribution >= 0.6 is 0 Å². The number of hydrogen-bond donors (Lipinski definition) is 2. The number of piperidine rings is 1. The summed E-state index contributed by atoms with van der Waals surface area (Å²) in [6.45, 7) is 1.32. The smallest absolute Gasteiger partial charge is 0.338 e. The van der Waals surface area contributed by atoms with Crippen LogP contribution in [0.15, 0.2) is 29.3 Å². The van der Waals surface area contributed by atoms with Gasteiger partial charge < -0.3 is 20.3 Å². The van der Waals surface area contributed by atoms with Crippen LogP contribution in [0, 0.1) is 11.8 Å². The number of aliphatic hydroxyl groups is 1. The zero-order valence-corrected chi connectivity index (χ0v) is 17.9. The first-order valence-corrected chi connectivity index (χ1v) is 11.1. The van der Waals surface area contributed by atoms with Crippen LogP contribution in [-0.4, -0.2) is 72.8 Å². The number of amides is 1. The lowest BCUT2D eigenvalue weighted by molar-refractivity contribution is -0.127. The van der Waals surface area contributed by atoms with Gasteiger partial charge in [0.1, 0.15) is 12.6 Å². The fourth-order valence-corrected chi connectivity index (χ4v) is 5.25. The molecule has 3 N–H and O–H groups in total. The fourth-order valence-electron chi connectivity index (χ4n) is 5.25. The maximum absolute atomic E-state index is 12.1. The van der Waals surface area contributed by atoms with Crippen molar-refractivity contribution in [1.82, 2.24) is 4.90 Å². The molecule has 1 aromatic carbocycles. The van der Waals surface area contributed by atoms with Crippen LogP contribution in [0.1, 0.15) is 48.0 Å². The molecule has 1 saturated carbocycles. The second-order valence-electron chi connectivity index (χ2n) is 8.83. The third kappa shape index (κ3) is 4.60. The molecule has 0 radical (unpaired) electrons. The maximum atomic E-state index is 12.1. The van der Waals surface area contributed by atoms with Crippen molar-refractivity contribution in [2.45, 2.75) is 50.3 Å². The highest BCUT2D eigenvalue weighted by Crippen LogP contribution is 2.38. The van der Waals surface area contributed by atoms with E-state index in [4.69, 9.17) is 15.2 Å². The average molecular weight is 430 g/mol. The molecule has 8 nitrogen and oxygen atoms in total. The number of fused-ring (bicyclic) bond motifs is 1. The van der Waals surface area contributed by atoms with E-state index in [1.54, 1.807) is 24.3 Å². The van der Waals surface area contributed by atoms with Crippen LogP contribution < -0.4 is 5.73 Å². The third-order valence-corrected chi connectivity index (χ3v) is 6.93. The number of aliphatic imine (C=N–C) groups is 1. The van der Waals surface area contributed by atoms with Gasteiger partial charge in [-0.15, -0.1) is 0 Å². The van der Waals surface area contributed by atoms with E-state index in [2.05, 4.69) is 4.99 Å². The zero-order valence-electron chi connectivity index (χ0n) is 17.9. The molecule has 4 rings (SSSR count). The molecule has 1 aliphatic carbocycles. The summed E-state index contributed by atoms with van der Waals surface area (Å²) in [7, 11) is 1.33. The Labute approximate surface area is 182 Å².